The third-order valence-electron chi connectivity index (χ3n) is 5.64. The van der Waals surface area contributed by atoms with Gasteiger partial charge in [-0.2, -0.15) is 0 Å². The van der Waals surface area contributed by atoms with Gasteiger partial charge in [0.2, 0.25) is 5.78 Å². The van der Waals surface area contributed by atoms with Crippen LogP contribution in [0.1, 0.15) is 48.2 Å². The number of rotatable bonds is 9. The molecule has 2 heterocycles. The Balaban J connectivity index is 1.97. The second-order valence-corrected chi connectivity index (χ2v) is 7.48. The van der Waals surface area contributed by atoms with Gasteiger partial charge >= 0.3 is 0 Å². The molecule has 2 aromatic rings. The highest BCUT2D eigenvalue weighted by Gasteiger charge is 2.45. The van der Waals surface area contributed by atoms with Gasteiger partial charge < -0.3 is 19.3 Å². The van der Waals surface area contributed by atoms with Crippen molar-refractivity contribution in [1.29, 1.82) is 0 Å². The molecule has 1 aliphatic heterocycles. The SMILES string of the molecule is CC[NH+](CC)CCCN1C(=O)C(O)=C(C(=O)c2ccc(C)o2)[C@@H]1c1ccccc1F. The minimum absolute atomic E-state index is 0.0117. The third-order valence-corrected chi connectivity index (χ3v) is 5.64. The first kappa shape index (κ1) is 21.8. The molecule has 0 spiro atoms. The second-order valence-electron chi connectivity index (χ2n) is 7.48. The van der Waals surface area contributed by atoms with Crippen molar-refractivity contribution in [1.82, 2.24) is 4.90 Å². The van der Waals surface area contributed by atoms with E-state index in [1.165, 1.54) is 28.0 Å². The van der Waals surface area contributed by atoms with Crippen LogP contribution in [0.15, 0.2) is 52.1 Å². The van der Waals surface area contributed by atoms with Crippen molar-refractivity contribution in [2.45, 2.75) is 33.2 Å². The smallest absolute Gasteiger partial charge is 0.290 e. The molecule has 0 aliphatic carbocycles. The number of Topliss-reactive ketones (excluding diaryl/α,β-unsaturated/α-hetero) is 1. The lowest BCUT2D eigenvalue weighted by Crippen LogP contribution is -3.11. The van der Waals surface area contributed by atoms with Gasteiger partial charge in [0, 0.05) is 18.5 Å². The Hall–Kier alpha value is -2.93. The fourth-order valence-electron chi connectivity index (χ4n) is 3.93. The number of carbonyl (C=O) groups excluding carboxylic acids is 2. The number of halogens is 1. The molecule has 1 aromatic heterocycles. The summed E-state index contributed by atoms with van der Waals surface area (Å²) in [4.78, 5) is 28.8. The summed E-state index contributed by atoms with van der Waals surface area (Å²) >= 11 is 0. The lowest BCUT2D eigenvalue weighted by atomic mass is 9.94. The number of carbonyl (C=O) groups is 2. The first-order valence-electron chi connectivity index (χ1n) is 10.3. The maximum Gasteiger partial charge on any atom is 0.290 e. The zero-order valence-electron chi connectivity index (χ0n) is 17.6. The van der Waals surface area contributed by atoms with E-state index >= 15 is 0 Å². The standard InChI is InChI=1S/C23H27FN2O4/c1-4-25(5-2)13-8-14-26-20(16-9-6-7-10-17(16)24)19(22(28)23(26)29)21(27)18-12-11-15(3)30-18/h6-7,9-12,20,28H,4-5,8,13-14H2,1-3H3/p+1/t20-/m0/s1. The number of hydrogen-bond donors (Lipinski definition) is 2. The molecule has 0 unspecified atom stereocenters. The molecule has 1 amide bonds. The van der Waals surface area contributed by atoms with Gasteiger partial charge in [0.1, 0.15) is 11.6 Å². The predicted molar refractivity (Wildman–Crippen MR) is 110 cm³/mol. The molecular formula is C23H28FN2O4+. The van der Waals surface area contributed by atoms with Gasteiger partial charge in [-0.25, -0.2) is 4.39 Å². The van der Waals surface area contributed by atoms with E-state index in [4.69, 9.17) is 4.42 Å². The number of ketones is 1. The number of aliphatic hydroxyl groups excluding tert-OH is 1. The summed E-state index contributed by atoms with van der Waals surface area (Å²) in [6.07, 6.45) is 0.669. The van der Waals surface area contributed by atoms with Gasteiger partial charge in [-0.1, -0.05) is 18.2 Å². The number of hydrogen-bond acceptors (Lipinski definition) is 4. The molecule has 1 atom stereocenters. The van der Waals surface area contributed by atoms with E-state index in [9.17, 15) is 19.1 Å². The Morgan fingerprint density at radius 2 is 1.90 bits per heavy atom. The van der Waals surface area contributed by atoms with E-state index in [1.54, 1.807) is 25.1 Å². The van der Waals surface area contributed by atoms with Crippen molar-refractivity contribution in [3.05, 3.63) is 70.6 Å². The fourth-order valence-corrected chi connectivity index (χ4v) is 3.93. The van der Waals surface area contributed by atoms with Gasteiger partial charge in [0.15, 0.2) is 11.5 Å². The first-order chi connectivity index (χ1) is 14.4. The van der Waals surface area contributed by atoms with E-state index in [-0.39, 0.29) is 16.9 Å². The summed E-state index contributed by atoms with van der Waals surface area (Å²) in [5.41, 5.74) is 0.0337. The van der Waals surface area contributed by atoms with Crippen molar-refractivity contribution in [2.75, 3.05) is 26.2 Å². The number of amides is 1. The van der Waals surface area contributed by atoms with Crippen LogP contribution in [0.4, 0.5) is 4.39 Å². The maximum absolute atomic E-state index is 14.7. The fraction of sp³-hybridized carbons (Fsp3) is 0.391. The van der Waals surface area contributed by atoms with Gasteiger partial charge in [-0.3, -0.25) is 9.59 Å². The van der Waals surface area contributed by atoms with E-state index in [1.807, 2.05) is 0 Å². The number of nitrogens with zero attached hydrogens (tertiary/aromatic N) is 1. The second kappa shape index (κ2) is 9.26. The zero-order valence-corrected chi connectivity index (χ0v) is 17.6. The van der Waals surface area contributed by atoms with Crippen molar-refractivity contribution in [3.63, 3.8) is 0 Å². The minimum Gasteiger partial charge on any atom is -0.503 e. The normalized spacial score (nSPS) is 16.8. The third kappa shape index (κ3) is 4.16. The topological polar surface area (TPSA) is 75.2 Å². The van der Waals surface area contributed by atoms with Crippen LogP contribution in [-0.2, 0) is 4.79 Å². The molecule has 6 nitrogen and oxygen atoms in total. The predicted octanol–water partition coefficient (Wildman–Crippen LogP) is 2.62. The van der Waals surface area contributed by atoms with Crippen LogP contribution in [0.5, 0.6) is 0 Å². The molecule has 1 aliphatic rings. The average molecular weight is 415 g/mol. The molecule has 3 rings (SSSR count). The minimum atomic E-state index is -0.997. The number of benzene rings is 1. The molecule has 30 heavy (non-hydrogen) atoms. The van der Waals surface area contributed by atoms with E-state index in [2.05, 4.69) is 13.8 Å². The molecule has 1 aromatic carbocycles. The highest BCUT2D eigenvalue weighted by atomic mass is 19.1. The molecule has 160 valence electrons. The molecule has 0 saturated heterocycles. The number of aliphatic hydroxyl groups is 1. The van der Waals surface area contributed by atoms with Crippen molar-refractivity contribution >= 4 is 11.7 Å². The summed E-state index contributed by atoms with van der Waals surface area (Å²) in [7, 11) is 0. The number of aryl methyl sites for hydroxylation is 1. The largest absolute Gasteiger partial charge is 0.503 e. The van der Waals surface area contributed by atoms with Gasteiger partial charge in [-0.15, -0.1) is 0 Å². The summed E-state index contributed by atoms with van der Waals surface area (Å²) in [5.74, 6) is -1.91. The molecule has 0 saturated carbocycles. The van der Waals surface area contributed by atoms with Crippen LogP contribution in [-0.4, -0.2) is 47.9 Å². The van der Waals surface area contributed by atoms with Crippen LogP contribution in [0.3, 0.4) is 0 Å². The van der Waals surface area contributed by atoms with Gasteiger partial charge in [-0.05, 0) is 39.0 Å². The maximum atomic E-state index is 14.7. The van der Waals surface area contributed by atoms with Crippen LogP contribution in [0.25, 0.3) is 0 Å². The molecule has 0 radical (unpaired) electrons. The van der Waals surface area contributed by atoms with Crippen LogP contribution in [0.2, 0.25) is 0 Å². The summed E-state index contributed by atoms with van der Waals surface area (Å²) in [6, 6.07) is 8.14. The lowest BCUT2D eigenvalue weighted by Gasteiger charge is -2.27. The summed E-state index contributed by atoms with van der Waals surface area (Å²) in [6.45, 7) is 8.95. The molecule has 0 bridgehead atoms. The first-order valence-corrected chi connectivity index (χ1v) is 10.3. The molecule has 0 fully saturated rings. The Morgan fingerprint density at radius 1 is 1.20 bits per heavy atom. The Morgan fingerprint density at radius 3 is 2.50 bits per heavy atom. The molecule has 2 N–H and O–H groups in total. The van der Waals surface area contributed by atoms with E-state index in [0.717, 1.165) is 19.6 Å². The Labute approximate surface area is 175 Å². The van der Waals surface area contributed by atoms with E-state index < -0.39 is 29.3 Å². The van der Waals surface area contributed by atoms with Gasteiger partial charge in [0.05, 0.1) is 31.2 Å². The zero-order chi connectivity index (χ0) is 21.8. The van der Waals surface area contributed by atoms with Crippen molar-refractivity contribution in [2.24, 2.45) is 0 Å². The number of nitrogens with one attached hydrogen (secondary N) is 1. The number of quaternary nitrogens is 1. The van der Waals surface area contributed by atoms with Crippen LogP contribution < -0.4 is 4.90 Å². The van der Waals surface area contributed by atoms with Crippen LogP contribution in [0, 0.1) is 12.7 Å². The summed E-state index contributed by atoms with van der Waals surface area (Å²) < 4.78 is 20.1. The highest BCUT2D eigenvalue weighted by molar-refractivity contribution is 6.15. The van der Waals surface area contributed by atoms with Crippen molar-refractivity contribution < 1.29 is 28.4 Å². The quantitative estimate of drug-likeness (QED) is 0.618. The lowest BCUT2D eigenvalue weighted by molar-refractivity contribution is -0.896. The van der Waals surface area contributed by atoms with Crippen LogP contribution >= 0.6 is 0 Å². The van der Waals surface area contributed by atoms with Gasteiger partial charge in [0.25, 0.3) is 5.91 Å². The average Bonchev–Trinajstić information content (AvgIpc) is 3.28. The van der Waals surface area contributed by atoms with Crippen molar-refractivity contribution in [3.8, 4) is 0 Å². The molecular weight excluding hydrogens is 387 g/mol. The highest BCUT2D eigenvalue weighted by Crippen LogP contribution is 2.40. The Kier molecular flexibility index (Phi) is 6.72. The van der Waals surface area contributed by atoms with E-state index in [0.29, 0.717) is 18.7 Å². The number of furan rings is 1. The Bertz CT molecular complexity index is 962. The molecule has 7 heteroatoms. The summed E-state index contributed by atoms with van der Waals surface area (Å²) in [5, 5.41) is 10.6. The monoisotopic (exact) mass is 415 g/mol.